The summed E-state index contributed by atoms with van der Waals surface area (Å²) < 4.78 is 25.3. The van der Waals surface area contributed by atoms with Crippen molar-refractivity contribution in [1.29, 1.82) is 0 Å². The number of aromatic nitrogens is 1. The SMILES string of the molecule is CN(Cc1cccnc1)C(=O)c1ccc(N2CCCS2(=O)=O)cc1. The van der Waals surface area contributed by atoms with Crippen molar-refractivity contribution in [3.05, 3.63) is 59.9 Å². The van der Waals surface area contributed by atoms with Crippen molar-refractivity contribution in [2.75, 3.05) is 23.7 Å². The van der Waals surface area contributed by atoms with Gasteiger partial charge in [-0.2, -0.15) is 0 Å². The van der Waals surface area contributed by atoms with Gasteiger partial charge in [0.05, 0.1) is 11.4 Å². The zero-order valence-corrected chi connectivity index (χ0v) is 14.2. The maximum Gasteiger partial charge on any atom is 0.253 e. The molecule has 24 heavy (non-hydrogen) atoms. The van der Waals surface area contributed by atoms with Crippen molar-refractivity contribution in [3.8, 4) is 0 Å². The highest BCUT2D eigenvalue weighted by molar-refractivity contribution is 7.93. The molecule has 1 amide bonds. The van der Waals surface area contributed by atoms with E-state index < -0.39 is 10.0 Å². The number of nitrogens with zero attached hydrogens (tertiary/aromatic N) is 3. The van der Waals surface area contributed by atoms with Gasteiger partial charge in [-0.05, 0) is 42.3 Å². The highest BCUT2D eigenvalue weighted by Crippen LogP contribution is 2.24. The Bertz CT molecular complexity index is 820. The summed E-state index contributed by atoms with van der Waals surface area (Å²) in [6.45, 7) is 0.964. The maximum absolute atomic E-state index is 12.5. The van der Waals surface area contributed by atoms with Crippen LogP contribution < -0.4 is 4.31 Å². The van der Waals surface area contributed by atoms with Crippen molar-refractivity contribution in [3.63, 3.8) is 0 Å². The van der Waals surface area contributed by atoms with Gasteiger partial charge in [0.25, 0.3) is 5.91 Å². The predicted octanol–water partition coefficient (Wildman–Crippen LogP) is 1.89. The highest BCUT2D eigenvalue weighted by atomic mass is 32.2. The first kappa shape index (κ1) is 16.4. The van der Waals surface area contributed by atoms with Crippen LogP contribution in [0.5, 0.6) is 0 Å². The molecule has 6 nitrogen and oxygen atoms in total. The van der Waals surface area contributed by atoms with Crippen LogP contribution in [0.15, 0.2) is 48.8 Å². The molecule has 0 bridgehead atoms. The average molecular weight is 345 g/mol. The first-order valence-corrected chi connectivity index (χ1v) is 9.33. The van der Waals surface area contributed by atoms with Crippen LogP contribution in [0, 0.1) is 0 Å². The third-order valence-electron chi connectivity index (χ3n) is 3.99. The van der Waals surface area contributed by atoms with Crippen molar-refractivity contribution in [2.24, 2.45) is 0 Å². The molecule has 1 aliphatic rings. The lowest BCUT2D eigenvalue weighted by molar-refractivity contribution is 0.0785. The largest absolute Gasteiger partial charge is 0.337 e. The van der Waals surface area contributed by atoms with Gasteiger partial charge in [0.1, 0.15) is 0 Å². The molecule has 1 aliphatic heterocycles. The molecule has 1 saturated heterocycles. The van der Waals surface area contributed by atoms with E-state index in [1.165, 1.54) is 4.31 Å². The van der Waals surface area contributed by atoms with E-state index in [4.69, 9.17) is 0 Å². The number of rotatable bonds is 4. The number of sulfonamides is 1. The fourth-order valence-corrected chi connectivity index (χ4v) is 4.32. The van der Waals surface area contributed by atoms with Crippen LogP contribution in [-0.4, -0.2) is 43.6 Å². The van der Waals surface area contributed by atoms with E-state index >= 15 is 0 Å². The molecule has 2 aromatic rings. The smallest absolute Gasteiger partial charge is 0.253 e. The second-order valence-corrected chi connectivity index (χ2v) is 7.82. The van der Waals surface area contributed by atoms with Gasteiger partial charge >= 0.3 is 0 Å². The Hall–Kier alpha value is -2.41. The number of hydrogen-bond donors (Lipinski definition) is 0. The van der Waals surface area contributed by atoms with Gasteiger partial charge in [-0.1, -0.05) is 6.07 Å². The number of pyridine rings is 1. The monoisotopic (exact) mass is 345 g/mol. The molecule has 1 fully saturated rings. The second kappa shape index (κ2) is 6.60. The van der Waals surface area contributed by atoms with Gasteiger partial charge in [-0.15, -0.1) is 0 Å². The lowest BCUT2D eigenvalue weighted by Crippen LogP contribution is -2.27. The Morgan fingerprint density at radius 1 is 1.25 bits per heavy atom. The van der Waals surface area contributed by atoms with Crippen LogP contribution in [0.1, 0.15) is 22.3 Å². The Morgan fingerprint density at radius 3 is 2.58 bits per heavy atom. The Balaban J connectivity index is 1.72. The third-order valence-corrected chi connectivity index (χ3v) is 5.86. The standard InChI is InChI=1S/C17H19N3O3S/c1-19(13-14-4-2-9-18-12-14)17(21)15-5-7-16(8-6-15)20-10-3-11-24(20,22)23/h2,4-9,12H,3,10-11,13H2,1H3. The van der Waals surface area contributed by atoms with E-state index in [1.54, 1.807) is 48.6 Å². The van der Waals surface area contributed by atoms with Crippen molar-refractivity contribution in [1.82, 2.24) is 9.88 Å². The van der Waals surface area contributed by atoms with Gasteiger partial charge in [-0.25, -0.2) is 8.42 Å². The van der Waals surface area contributed by atoms with Crippen LogP contribution >= 0.6 is 0 Å². The molecule has 0 N–H and O–H groups in total. The molecule has 2 heterocycles. The topological polar surface area (TPSA) is 70.6 Å². The number of carbonyl (C=O) groups is 1. The third kappa shape index (κ3) is 3.41. The van der Waals surface area contributed by atoms with E-state index in [0.29, 0.717) is 30.8 Å². The lowest BCUT2D eigenvalue weighted by atomic mass is 10.1. The van der Waals surface area contributed by atoms with Crippen molar-refractivity contribution in [2.45, 2.75) is 13.0 Å². The normalized spacial score (nSPS) is 16.1. The fourth-order valence-electron chi connectivity index (χ4n) is 2.76. The number of anilines is 1. The summed E-state index contributed by atoms with van der Waals surface area (Å²) in [7, 11) is -1.47. The van der Waals surface area contributed by atoms with E-state index in [0.717, 1.165) is 5.56 Å². The molecule has 0 aliphatic carbocycles. The fraction of sp³-hybridized carbons (Fsp3) is 0.294. The Labute approximate surface area is 141 Å². The molecular weight excluding hydrogens is 326 g/mol. The first-order valence-electron chi connectivity index (χ1n) is 7.72. The Kier molecular flexibility index (Phi) is 4.53. The van der Waals surface area contributed by atoms with E-state index in [2.05, 4.69) is 4.98 Å². The summed E-state index contributed by atoms with van der Waals surface area (Å²) in [5.41, 5.74) is 2.09. The van der Waals surface area contributed by atoms with Gasteiger partial charge in [0.15, 0.2) is 0 Å². The van der Waals surface area contributed by atoms with Crippen LogP contribution in [0.3, 0.4) is 0 Å². The van der Waals surface area contributed by atoms with E-state index in [-0.39, 0.29) is 11.7 Å². The van der Waals surface area contributed by atoms with Crippen LogP contribution in [0.2, 0.25) is 0 Å². The van der Waals surface area contributed by atoms with Crippen molar-refractivity contribution < 1.29 is 13.2 Å². The predicted molar refractivity (Wildman–Crippen MR) is 92.2 cm³/mol. The van der Waals surface area contributed by atoms with Gasteiger partial charge < -0.3 is 4.90 Å². The molecule has 0 atom stereocenters. The molecule has 126 valence electrons. The average Bonchev–Trinajstić information content (AvgIpc) is 2.94. The number of hydrogen-bond acceptors (Lipinski definition) is 4. The van der Waals surface area contributed by atoms with Crippen LogP contribution in [0.4, 0.5) is 5.69 Å². The minimum atomic E-state index is -3.20. The lowest BCUT2D eigenvalue weighted by Gasteiger charge is -2.19. The van der Waals surface area contributed by atoms with Gasteiger partial charge in [0.2, 0.25) is 10.0 Å². The molecule has 0 saturated carbocycles. The molecule has 3 rings (SSSR count). The quantitative estimate of drug-likeness (QED) is 0.848. The summed E-state index contributed by atoms with van der Waals surface area (Å²) in [5.74, 6) is 0.0660. The van der Waals surface area contributed by atoms with E-state index in [9.17, 15) is 13.2 Å². The van der Waals surface area contributed by atoms with Crippen LogP contribution in [-0.2, 0) is 16.6 Å². The minimum absolute atomic E-state index is 0.116. The summed E-state index contributed by atoms with van der Waals surface area (Å²) in [4.78, 5) is 18.1. The molecule has 1 aromatic heterocycles. The van der Waals surface area contributed by atoms with E-state index in [1.807, 2.05) is 12.1 Å². The summed E-state index contributed by atoms with van der Waals surface area (Å²) >= 11 is 0. The summed E-state index contributed by atoms with van der Waals surface area (Å²) in [6, 6.07) is 10.5. The second-order valence-electron chi connectivity index (χ2n) is 5.81. The molecular formula is C17H19N3O3S. The highest BCUT2D eigenvalue weighted by Gasteiger charge is 2.28. The number of amides is 1. The molecule has 0 spiro atoms. The molecule has 1 aromatic carbocycles. The summed E-state index contributed by atoms with van der Waals surface area (Å²) in [6.07, 6.45) is 4.05. The molecule has 7 heteroatoms. The zero-order valence-electron chi connectivity index (χ0n) is 13.4. The first-order chi connectivity index (χ1) is 11.5. The summed E-state index contributed by atoms with van der Waals surface area (Å²) in [5, 5.41) is 0. The minimum Gasteiger partial charge on any atom is -0.337 e. The number of benzene rings is 1. The Morgan fingerprint density at radius 2 is 2.00 bits per heavy atom. The zero-order chi connectivity index (χ0) is 17.2. The molecule has 0 radical (unpaired) electrons. The molecule has 0 unspecified atom stereocenters. The van der Waals surface area contributed by atoms with Gasteiger partial charge in [-0.3, -0.25) is 14.1 Å². The van der Waals surface area contributed by atoms with Crippen molar-refractivity contribution >= 4 is 21.6 Å². The van der Waals surface area contributed by atoms with Gasteiger partial charge in [0, 0.05) is 38.1 Å². The van der Waals surface area contributed by atoms with Crippen LogP contribution in [0.25, 0.3) is 0 Å². The number of carbonyl (C=O) groups excluding carboxylic acids is 1. The maximum atomic E-state index is 12.5.